The minimum atomic E-state index is 0.126. The fourth-order valence-corrected chi connectivity index (χ4v) is 3.31. The zero-order valence-electron chi connectivity index (χ0n) is 13.0. The number of nitrogens with zero attached hydrogens (tertiary/aromatic N) is 4. The lowest BCUT2D eigenvalue weighted by Gasteiger charge is -2.15. The van der Waals surface area contributed by atoms with E-state index in [4.69, 9.17) is 4.98 Å². The van der Waals surface area contributed by atoms with Crippen LogP contribution in [0.3, 0.4) is 0 Å². The molecular formula is C18H20N4O. The van der Waals surface area contributed by atoms with Gasteiger partial charge in [0.25, 0.3) is 0 Å². The molecule has 1 aromatic carbocycles. The first kappa shape index (κ1) is 14.2. The van der Waals surface area contributed by atoms with Gasteiger partial charge in [-0.2, -0.15) is 0 Å². The van der Waals surface area contributed by atoms with Gasteiger partial charge in [0.1, 0.15) is 0 Å². The molecule has 0 unspecified atom stereocenters. The molecule has 2 aromatic heterocycles. The van der Waals surface area contributed by atoms with E-state index in [0.717, 1.165) is 41.2 Å². The summed E-state index contributed by atoms with van der Waals surface area (Å²) in [5.74, 6) is 0.819. The fourth-order valence-electron chi connectivity index (χ4n) is 3.31. The summed E-state index contributed by atoms with van der Waals surface area (Å²) in [6, 6.07) is 10.2. The molecule has 5 heteroatoms. The number of aliphatic hydroxyl groups is 1. The molecule has 3 aromatic rings. The first-order valence-corrected chi connectivity index (χ1v) is 8.14. The van der Waals surface area contributed by atoms with Crippen molar-refractivity contribution in [2.24, 2.45) is 0 Å². The third kappa shape index (κ3) is 2.57. The summed E-state index contributed by atoms with van der Waals surface area (Å²) in [6.07, 6.45) is 6.35. The molecule has 118 valence electrons. The van der Waals surface area contributed by atoms with E-state index in [1.54, 1.807) is 0 Å². The first-order valence-electron chi connectivity index (χ1n) is 8.14. The minimum Gasteiger partial charge on any atom is -0.395 e. The molecule has 0 radical (unpaired) electrons. The third-order valence-corrected chi connectivity index (χ3v) is 4.44. The van der Waals surface area contributed by atoms with E-state index in [1.807, 2.05) is 24.4 Å². The van der Waals surface area contributed by atoms with Crippen LogP contribution >= 0.6 is 0 Å². The zero-order valence-corrected chi connectivity index (χ0v) is 13.0. The molecule has 0 atom stereocenters. The maximum absolute atomic E-state index is 9.29. The average Bonchev–Trinajstić information content (AvgIpc) is 3.24. The first-order chi connectivity index (χ1) is 11.4. The third-order valence-electron chi connectivity index (χ3n) is 4.44. The van der Waals surface area contributed by atoms with Crippen molar-refractivity contribution in [1.82, 2.24) is 14.5 Å². The summed E-state index contributed by atoms with van der Waals surface area (Å²) in [5, 5.41) is 10.5. The van der Waals surface area contributed by atoms with E-state index in [0.29, 0.717) is 6.54 Å². The fraction of sp³-hybridized carbons (Fsp3) is 0.333. The lowest BCUT2D eigenvalue weighted by Crippen LogP contribution is -2.20. The van der Waals surface area contributed by atoms with Crippen LogP contribution in [-0.2, 0) is 6.54 Å². The van der Waals surface area contributed by atoms with Gasteiger partial charge in [0.15, 0.2) is 0 Å². The SMILES string of the molecule is OCCn1cc(-c2ccnc(N3CCCC3)n2)c2ccccc21. The van der Waals surface area contributed by atoms with Gasteiger partial charge >= 0.3 is 0 Å². The summed E-state index contributed by atoms with van der Waals surface area (Å²) in [4.78, 5) is 11.5. The van der Waals surface area contributed by atoms with Crippen LogP contribution in [0.4, 0.5) is 5.95 Å². The highest BCUT2D eigenvalue weighted by molar-refractivity contribution is 5.95. The summed E-state index contributed by atoms with van der Waals surface area (Å²) in [6.45, 7) is 2.79. The lowest BCUT2D eigenvalue weighted by molar-refractivity contribution is 0.278. The van der Waals surface area contributed by atoms with Crippen LogP contribution in [0.5, 0.6) is 0 Å². The Balaban J connectivity index is 1.81. The normalized spacial score (nSPS) is 14.7. The Kier molecular flexibility index (Phi) is 3.71. The highest BCUT2D eigenvalue weighted by atomic mass is 16.3. The van der Waals surface area contributed by atoms with Crippen molar-refractivity contribution in [3.63, 3.8) is 0 Å². The predicted molar refractivity (Wildman–Crippen MR) is 91.5 cm³/mol. The molecule has 0 saturated carbocycles. The number of benzene rings is 1. The van der Waals surface area contributed by atoms with Crippen molar-refractivity contribution in [3.05, 3.63) is 42.7 Å². The second kappa shape index (κ2) is 6.01. The van der Waals surface area contributed by atoms with Crippen LogP contribution in [0.25, 0.3) is 22.2 Å². The number of anilines is 1. The van der Waals surface area contributed by atoms with Gasteiger partial charge in [-0.05, 0) is 25.0 Å². The Morgan fingerprint density at radius 1 is 1.09 bits per heavy atom. The maximum Gasteiger partial charge on any atom is 0.225 e. The molecule has 5 nitrogen and oxygen atoms in total. The summed E-state index contributed by atoms with van der Waals surface area (Å²) in [7, 11) is 0. The van der Waals surface area contributed by atoms with Crippen LogP contribution < -0.4 is 4.90 Å². The highest BCUT2D eigenvalue weighted by Crippen LogP contribution is 2.30. The van der Waals surface area contributed by atoms with Crippen molar-refractivity contribution < 1.29 is 5.11 Å². The number of rotatable bonds is 4. The standard InChI is InChI=1S/C18H20N4O/c23-12-11-22-13-15(14-5-1-2-6-17(14)22)16-7-8-19-18(20-16)21-9-3-4-10-21/h1-2,5-8,13,23H,3-4,9-12H2. The Morgan fingerprint density at radius 3 is 2.74 bits per heavy atom. The van der Waals surface area contributed by atoms with Crippen molar-refractivity contribution in [1.29, 1.82) is 0 Å². The second-order valence-electron chi connectivity index (χ2n) is 5.91. The van der Waals surface area contributed by atoms with Gasteiger partial charge in [-0.3, -0.25) is 0 Å². The Bertz CT molecular complexity index is 821. The number of aromatic nitrogens is 3. The Labute approximate surface area is 135 Å². The molecule has 1 fully saturated rings. The number of aliphatic hydroxyl groups excluding tert-OH is 1. The molecule has 1 saturated heterocycles. The molecule has 0 aliphatic carbocycles. The number of para-hydroxylation sites is 1. The van der Waals surface area contributed by atoms with Gasteiger partial charge in [-0.1, -0.05) is 18.2 Å². The molecule has 4 rings (SSSR count). The smallest absolute Gasteiger partial charge is 0.225 e. The lowest BCUT2D eigenvalue weighted by atomic mass is 10.1. The second-order valence-corrected chi connectivity index (χ2v) is 5.91. The topological polar surface area (TPSA) is 54.2 Å². The quantitative estimate of drug-likeness (QED) is 0.805. The van der Waals surface area contributed by atoms with E-state index in [-0.39, 0.29) is 6.61 Å². The molecular weight excluding hydrogens is 288 g/mol. The van der Waals surface area contributed by atoms with E-state index in [1.165, 1.54) is 12.8 Å². The molecule has 1 N–H and O–H groups in total. The van der Waals surface area contributed by atoms with Crippen LogP contribution in [0.15, 0.2) is 42.7 Å². The predicted octanol–water partition coefficient (Wildman–Crippen LogP) is 2.69. The van der Waals surface area contributed by atoms with Crippen LogP contribution in [0.2, 0.25) is 0 Å². The molecule has 0 spiro atoms. The number of fused-ring (bicyclic) bond motifs is 1. The highest BCUT2D eigenvalue weighted by Gasteiger charge is 2.17. The number of hydrogen-bond donors (Lipinski definition) is 1. The monoisotopic (exact) mass is 308 g/mol. The van der Waals surface area contributed by atoms with E-state index < -0.39 is 0 Å². The molecule has 3 heterocycles. The molecule has 0 bridgehead atoms. The van der Waals surface area contributed by atoms with Gasteiger partial charge in [0.05, 0.1) is 12.3 Å². The van der Waals surface area contributed by atoms with Crippen LogP contribution in [0, 0.1) is 0 Å². The van der Waals surface area contributed by atoms with Crippen LogP contribution in [0.1, 0.15) is 12.8 Å². The van der Waals surface area contributed by atoms with E-state index in [9.17, 15) is 5.11 Å². The zero-order chi connectivity index (χ0) is 15.6. The van der Waals surface area contributed by atoms with Gasteiger partial charge in [-0.25, -0.2) is 9.97 Å². The summed E-state index contributed by atoms with van der Waals surface area (Å²) >= 11 is 0. The largest absolute Gasteiger partial charge is 0.395 e. The molecule has 23 heavy (non-hydrogen) atoms. The van der Waals surface area contributed by atoms with Crippen LogP contribution in [-0.4, -0.2) is 39.3 Å². The van der Waals surface area contributed by atoms with Crippen molar-refractivity contribution in [2.45, 2.75) is 19.4 Å². The van der Waals surface area contributed by atoms with E-state index in [2.05, 4.69) is 32.8 Å². The van der Waals surface area contributed by atoms with Crippen molar-refractivity contribution in [2.75, 3.05) is 24.6 Å². The van der Waals surface area contributed by atoms with Crippen molar-refractivity contribution in [3.8, 4) is 11.3 Å². The summed E-state index contributed by atoms with van der Waals surface area (Å²) < 4.78 is 2.09. The van der Waals surface area contributed by atoms with Gasteiger partial charge in [0, 0.05) is 48.5 Å². The number of hydrogen-bond acceptors (Lipinski definition) is 4. The minimum absolute atomic E-state index is 0.126. The molecule has 1 aliphatic rings. The van der Waals surface area contributed by atoms with E-state index >= 15 is 0 Å². The molecule has 0 amide bonds. The Hall–Kier alpha value is -2.40. The Morgan fingerprint density at radius 2 is 1.91 bits per heavy atom. The molecule has 1 aliphatic heterocycles. The average molecular weight is 308 g/mol. The van der Waals surface area contributed by atoms with Gasteiger partial charge < -0.3 is 14.6 Å². The van der Waals surface area contributed by atoms with Crippen molar-refractivity contribution >= 4 is 16.9 Å². The van der Waals surface area contributed by atoms with Gasteiger partial charge in [-0.15, -0.1) is 0 Å². The maximum atomic E-state index is 9.29. The van der Waals surface area contributed by atoms with Gasteiger partial charge in [0.2, 0.25) is 5.95 Å². The summed E-state index contributed by atoms with van der Waals surface area (Å²) in [5.41, 5.74) is 3.16.